The minimum absolute atomic E-state index is 0.0910. The number of anilines is 1. The Morgan fingerprint density at radius 2 is 2.08 bits per heavy atom. The molecule has 0 radical (unpaired) electrons. The van der Waals surface area contributed by atoms with E-state index in [1.54, 1.807) is 4.90 Å². The minimum Gasteiger partial charge on any atom is -0.344 e. The predicted octanol–water partition coefficient (Wildman–Crippen LogP) is 2.53. The van der Waals surface area contributed by atoms with E-state index in [2.05, 4.69) is 53.6 Å². The van der Waals surface area contributed by atoms with Crippen molar-refractivity contribution in [3.63, 3.8) is 0 Å². The lowest BCUT2D eigenvalue weighted by Crippen LogP contribution is -2.41. The number of benzene rings is 1. The number of hydrogen-bond donors (Lipinski definition) is 1. The van der Waals surface area contributed by atoms with Gasteiger partial charge in [0.2, 0.25) is 5.89 Å². The van der Waals surface area contributed by atoms with E-state index in [1.807, 2.05) is 19.0 Å². The summed E-state index contributed by atoms with van der Waals surface area (Å²) in [5.41, 5.74) is 2.54. The van der Waals surface area contributed by atoms with E-state index in [0.29, 0.717) is 17.8 Å². The summed E-state index contributed by atoms with van der Waals surface area (Å²) in [5, 5.41) is 6.72. The van der Waals surface area contributed by atoms with Crippen molar-refractivity contribution >= 4 is 12.0 Å². The molecule has 1 saturated heterocycles. The fourth-order valence-electron chi connectivity index (χ4n) is 3.15. The molecule has 7 nitrogen and oxygen atoms in total. The van der Waals surface area contributed by atoms with Crippen molar-refractivity contribution in [2.24, 2.45) is 0 Å². The van der Waals surface area contributed by atoms with E-state index >= 15 is 0 Å². The molecule has 0 bridgehead atoms. The van der Waals surface area contributed by atoms with E-state index in [4.69, 9.17) is 4.52 Å². The first-order chi connectivity index (χ1) is 11.9. The molecule has 2 heterocycles. The standard InChI is InChI=1S/C18H25N5O2/c1-12-5-7-14(8-6-12)15-9-13(2)23(11-15)18(24)19-10-16-20-17(21-25-16)22(3)4/h5-8,13,15H,9-11H2,1-4H3,(H,19,24)/t13-,15+/m0/s1. The van der Waals surface area contributed by atoms with Gasteiger partial charge in [-0.05, 0) is 31.0 Å². The molecule has 134 valence electrons. The summed E-state index contributed by atoms with van der Waals surface area (Å²) in [5.74, 6) is 1.28. The SMILES string of the molecule is Cc1ccc([C@@H]2C[C@H](C)N(C(=O)NCc3nc(N(C)C)no3)C2)cc1. The van der Waals surface area contributed by atoms with E-state index in [-0.39, 0.29) is 18.6 Å². The fourth-order valence-corrected chi connectivity index (χ4v) is 3.15. The van der Waals surface area contributed by atoms with Crippen LogP contribution in [-0.4, -0.2) is 47.8 Å². The van der Waals surface area contributed by atoms with Crippen molar-refractivity contribution in [1.29, 1.82) is 0 Å². The molecule has 0 saturated carbocycles. The maximum atomic E-state index is 12.5. The van der Waals surface area contributed by atoms with Crippen molar-refractivity contribution < 1.29 is 9.32 Å². The first kappa shape index (κ1) is 17.3. The number of carbonyl (C=O) groups is 1. The van der Waals surface area contributed by atoms with Gasteiger partial charge in [0.1, 0.15) is 0 Å². The number of rotatable bonds is 4. The number of urea groups is 1. The highest BCUT2D eigenvalue weighted by Gasteiger charge is 2.33. The topological polar surface area (TPSA) is 74.5 Å². The molecule has 2 atom stereocenters. The molecule has 0 aliphatic carbocycles. The Kier molecular flexibility index (Phi) is 4.92. The van der Waals surface area contributed by atoms with Gasteiger partial charge in [-0.3, -0.25) is 0 Å². The van der Waals surface area contributed by atoms with Gasteiger partial charge in [-0.2, -0.15) is 4.98 Å². The summed E-state index contributed by atoms with van der Waals surface area (Å²) in [7, 11) is 3.68. The van der Waals surface area contributed by atoms with Crippen molar-refractivity contribution in [1.82, 2.24) is 20.4 Å². The van der Waals surface area contributed by atoms with Crippen LogP contribution in [0.1, 0.15) is 36.3 Å². The summed E-state index contributed by atoms with van der Waals surface area (Å²) in [6, 6.07) is 8.68. The van der Waals surface area contributed by atoms with Crippen LogP contribution >= 0.6 is 0 Å². The van der Waals surface area contributed by atoms with Crippen LogP contribution in [0.4, 0.5) is 10.7 Å². The molecule has 1 aliphatic rings. The zero-order chi connectivity index (χ0) is 18.0. The smallest absolute Gasteiger partial charge is 0.318 e. The van der Waals surface area contributed by atoms with Crippen LogP contribution < -0.4 is 10.2 Å². The lowest BCUT2D eigenvalue weighted by Gasteiger charge is -2.21. The normalized spacial score (nSPS) is 19.9. The van der Waals surface area contributed by atoms with Gasteiger partial charge >= 0.3 is 6.03 Å². The van der Waals surface area contributed by atoms with Crippen LogP contribution in [0.2, 0.25) is 0 Å². The molecule has 25 heavy (non-hydrogen) atoms. The summed E-state index contributed by atoms with van der Waals surface area (Å²) in [6.45, 7) is 5.13. The molecule has 0 spiro atoms. The summed E-state index contributed by atoms with van der Waals surface area (Å²) in [4.78, 5) is 20.4. The molecule has 0 unspecified atom stereocenters. The van der Waals surface area contributed by atoms with Gasteiger partial charge in [-0.25, -0.2) is 4.79 Å². The average Bonchev–Trinajstić information content (AvgIpc) is 3.20. The van der Waals surface area contributed by atoms with Crippen LogP contribution in [0, 0.1) is 6.92 Å². The highest BCUT2D eigenvalue weighted by Crippen LogP contribution is 2.31. The van der Waals surface area contributed by atoms with Gasteiger partial charge in [0.05, 0.1) is 6.54 Å². The Morgan fingerprint density at radius 3 is 2.72 bits per heavy atom. The van der Waals surface area contributed by atoms with Crippen LogP contribution in [0.5, 0.6) is 0 Å². The number of aromatic nitrogens is 2. The third-order valence-electron chi connectivity index (χ3n) is 4.63. The summed E-state index contributed by atoms with van der Waals surface area (Å²) in [6.07, 6.45) is 0.974. The lowest BCUT2D eigenvalue weighted by atomic mass is 9.96. The Hall–Kier alpha value is -2.57. The maximum absolute atomic E-state index is 12.5. The Balaban J connectivity index is 1.57. The molecule has 1 N–H and O–H groups in total. The number of amides is 2. The second-order valence-corrected chi connectivity index (χ2v) is 6.89. The van der Waals surface area contributed by atoms with E-state index < -0.39 is 0 Å². The van der Waals surface area contributed by atoms with E-state index in [1.165, 1.54) is 11.1 Å². The van der Waals surface area contributed by atoms with Crippen molar-refractivity contribution in [2.45, 2.75) is 38.8 Å². The number of nitrogens with zero attached hydrogens (tertiary/aromatic N) is 4. The molecule has 1 aromatic heterocycles. The van der Waals surface area contributed by atoms with Crippen molar-refractivity contribution in [2.75, 3.05) is 25.5 Å². The zero-order valence-electron chi connectivity index (χ0n) is 15.2. The van der Waals surface area contributed by atoms with Crippen molar-refractivity contribution in [3.05, 3.63) is 41.3 Å². The summed E-state index contributed by atoms with van der Waals surface area (Å²) >= 11 is 0. The quantitative estimate of drug-likeness (QED) is 0.923. The predicted molar refractivity (Wildman–Crippen MR) is 95.6 cm³/mol. The second kappa shape index (κ2) is 7.13. The van der Waals surface area contributed by atoms with Gasteiger partial charge in [0.25, 0.3) is 5.95 Å². The number of carbonyl (C=O) groups excluding carboxylic acids is 1. The van der Waals surface area contributed by atoms with Gasteiger partial charge in [-0.15, -0.1) is 0 Å². The van der Waals surface area contributed by atoms with Gasteiger partial charge in [0.15, 0.2) is 0 Å². The molecule has 7 heteroatoms. The maximum Gasteiger partial charge on any atom is 0.318 e. The van der Waals surface area contributed by atoms with Gasteiger partial charge in [0, 0.05) is 32.6 Å². The van der Waals surface area contributed by atoms with Crippen LogP contribution in [0.25, 0.3) is 0 Å². The number of likely N-dealkylation sites (tertiary alicyclic amines) is 1. The highest BCUT2D eigenvalue weighted by molar-refractivity contribution is 5.75. The largest absolute Gasteiger partial charge is 0.344 e. The highest BCUT2D eigenvalue weighted by atomic mass is 16.5. The lowest BCUT2D eigenvalue weighted by molar-refractivity contribution is 0.193. The zero-order valence-corrected chi connectivity index (χ0v) is 15.2. The number of hydrogen-bond acceptors (Lipinski definition) is 5. The first-order valence-electron chi connectivity index (χ1n) is 8.55. The summed E-state index contributed by atoms with van der Waals surface area (Å²) < 4.78 is 5.13. The molecule has 1 aromatic carbocycles. The molecule has 2 amide bonds. The molecule has 3 rings (SSSR count). The van der Waals surface area contributed by atoms with E-state index in [9.17, 15) is 4.79 Å². The second-order valence-electron chi connectivity index (χ2n) is 6.89. The molecule has 1 fully saturated rings. The minimum atomic E-state index is -0.0910. The van der Waals surface area contributed by atoms with Crippen LogP contribution in [-0.2, 0) is 6.54 Å². The Morgan fingerprint density at radius 1 is 1.36 bits per heavy atom. The molecular formula is C18H25N5O2. The third kappa shape index (κ3) is 3.92. The van der Waals surface area contributed by atoms with Crippen molar-refractivity contribution in [3.8, 4) is 0 Å². The Labute approximate surface area is 148 Å². The number of nitrogens with one attached hydrogen (secondary N) is 1. The first-order valence-corrected chi connectivity index (χ1v) is 8.55. The Bertz CT molecular complexity index is 725. The number of aryl methyl sites for hydroxylation is 1. The van der Waals surface area contributed by atoms with Gasteiger partial charge < -0.3 is 19.6 Å². The molecular weight excluding hydrogens is 318 g/mol. The van der Waals surface area contributed by atoms with Crippen LogP contribution in [0.3, 0.4) is 0 Å². The average molecular weight is 343 g/mol. The third-order valence-corrected chi connectivity index (χ3v) is 4.63. The van der Waals surface area contributed by atoms with Crippen LogP contribution in [0.15, 0.2) is 28.8 Å². The monoisotopic (exact) mass is 343 g/mol. The van der Waals surface area contributed by atoms with E-state index in [0.717, 1.165) is 13.0 Å². The molecule has 1 aliphatic heterocycles. The molecule has 2 aromatic rings. The fraction of sp³-hybridized carbons (Fsp3) is 0.500. The van der Waals surface area contributed by atoms with Gasteiger partial charge in [-0.1, -0.05) is 29.8 Å².